The molecule has 114 valence electrons. The van der Waals surface area contributed by atoms with Crippen molar-refractivity contribution in [3.63, 3.8) is 0 Å². The normalized spacial score (nSPS) is 12.1. The summed E-state index contributed by atoms with van der Waals surface area (Å²) < 4.78 is 15.9. The molecule has 0 aromatic heterocycles. The van der Waals surface area contributed by atoms with Crippen LogP contribution in [0.5, 0.6) is 17.2 Å². The van der Waals surface area contributed by atoms with Gasteiger partial charge in [0.05, 0.1) is 21.3 Å². The summed E-state index contributed by atoms with van der Waals surface area (Å²) in [5.74, 6) is 1.92. The van der Waals surface area contributed by atoms with E-state index in [1.807, 2.05) is 12.1 Å². The van der Waals surface area contributed by atoms with Crippen molar-refractivity contribution in [1.29, 1.82) is 0 Å². The van der Waals surface area contributed by atoms with E-state index in [2.05, 4.69) is 12.2 Å². The number of aliphatic hydroxyl groups is 1. The van der Waals surface area contributed by atoms with Crippen LogP contribution in [0.1, 0.15) is 25.3 Å². The maximum atomic E-state index is 8.82. The van der Waals surface area contributed by atoms with Gasteiger partial charge in [-0.05, 0) is 37.5 Å². The third-order valence-corrected chi connectivity index (χ3v) is 3.17. The van der Waals surface area contributed by atoms with Gasteiger partial charge in [-0.15, -0.1) is 0 Å². The Bertz CT molecular complexity index is 384. The smallest absolute Gasteiger partial charge is 0.203 e. The summed E-state index contributed by atoms with van der Waals surface area (Å²) in [6.07, 6.45) is 1.75. The molecule has 0 spiro atoms. The molecule has 0 aliphatic rings. The largest absolute Gasteiger partial charge is 0.493 e. The summed E-state index contributed by atoms with van der Waals surface area (Å²) >= 11 is 0. The minimum Gasteiger partial charge on any atom is -0.493 e. The van der Waals surface area contributed by atoms with E-state index in [1.165, 1.54) is 0 Å². The molecule has 1 aromatic rings. The highest BCUT2D eigenvalue weighted by atomic mass is 16.5. The van der Waals surface area contributed by atoms with E-state index < -0.39 is 0 Å². The predicted molar refractivity (Wildman–Crippen MR) is 78.7 cm³/mol. The molecule has 0 fully saturated rings. The van der Waals surface area contributed by atoms with Crippen LogP contribution in [0.3, 0.4) is 0 Å². The van der Waals surface area contributed by atoms with Crippen molar-refractivity contribution < 1.29 is 19.3 Å². The summed E-state index contributed by atoms with van der Waals surface area (Å²) in [7, 11) is 4.81. The molecule has 5 heteroatoms. The van der Waals surface area contributed by atoms with Crippen molar-refractivity contribution in [1.82, 2.24) is 5.32 Å². The highest BCUT2D eigenvalue weighted by Crippen LogP contribution is 2.38. The molecule has 20 heavy (non-hydrogen) atoms. The van der Waals surface area contributed by atoms with Gasteiger partial charge < -0.3 is 24.6 Å². The third-order valence-electron chi connectivity index (χ3n) is 3.17. The van der Waals surface area contributed by atoms with Gasteiger partial charge in [0.2, 0.25) is 5.75 Å². The van der Waals surface area contributed by atoms with Crippen LogP contribution in [0.15, 0.2) is 12.1 Å². The zero-order valence-electron chi connectivity index (χ0n) is 12.7. The van der Waals surface area contributed by atoms with Gasteiger partial charge in [-0.2, -0.15) is 0 Å². The summed E-state index contributed by atoms with van der Waals surface area (Å²) in [4.78, 5) is 0. The van der Waals surface area contributed by atoms with Crippen molar-refractivity contribution in [2.75, 3.05) is 27.9 Å². The molecule has 1 unspecified atom stereocenters. The average Bonchev–Trinajstić information content (AvgIpc) is 2.49. The summed E-state index contributed by atoms with van der Waals surface area (Å²) in [5, 5.41) is 12.2. The van der Waals surface area contributed by atoms with E-state index in [0.29, 0.717) is 29.8 Å². The molecule has 1 aromatic carbocycles. The van der Waals surface area contributed by atoms with Crippen molar-refractivity contribution in [2.24, 2.45) is 0 Å². The number of hydrogen-bond acceptors (Lipinski definition) is 5. The van der Waals surface area contributed by atoms with Gasteiger partial charge in [0.15, 0.2) is 11.5 Å². The molecule has 0 amide bonds. The van der Waals surface area contributed by atoms with Crippen molar-refractivity contribution >= 4 is 0 Å². The first-order valence-corrected chi connectivity index (χ1v) is 6.79. The summed E-state index contributed by atoms with van der Waals surface area (Å²) in [6.45, 7) is 3.05. The number of aliphatic hydroxyl groups excluding tert-OH is 1. The second-order valence-electron chi connectivity index (χ2n) is 4.68. The molecule has 5 nitrogen and oxygen atoms in total. The summed E-state index contributed by atoms with van der Waals surface area (Å²) in [6, 6.07) is 4.22. The van der Waals surface area contributed by atoms with E-state index in [1.54, 1.807) is 21.3 Å². The van der Waals surface area contributed by atoms with Crippen LogP contribution in [-0.4, -0.2) is 39.1 Å². The van der Waals surface area contributed by atoms with Gasteiger partial charge in [0.1, 0.15) is 0 Å². The topological polar surface area (TPSA) is 60.0 Å². The molecule has 0 saturated carbocycles. The van der Waals surface area contributed by atoms with Crippen LogP contribution in [-0.2, 0) is 6.54 Å². The number of nitrogens with one attached hydrogen (secondary N) is 1. The summed E-state index contributed by atoms with van der Waals surface area (Å²) in [5.41, 5.74) is 1.07. The van der Waals surface area contributed by atoms with E-state index >= 15 is 0 Å². The Morgan fingerprint density at radius 3 is 2.15 bits per heavy atom. The average molecular weight is 283 g/mol. The molecule has 0 bridgehead atoms. The molecule has 0 radical (unpaired) electrons. The first-order chi connectivity index (χ1) is 9.65. The lowest BCUT2D eigenvalue weighted by molar-refractivity contribution is 0.276. The number of ether oxygens (including phenoxy) is 3. The van der Waals surface area contributed by atoms with Gasteiger partial charge >= 0.3 is 0 Å². The van der Waals surface area contributed by atoms with E-state index in [9.17, 15) is 0 Å². The Kier molecular flexibility index (Phi) is 7.18. The van der Waals surface area contributed by atoms with E-state index in [0.717, 1.165) is 18.4 Å². The quantitative estimate of drug-likeness (QED) is 0.725. The SMILES string of the molecule is COc1cc(CNC(C)CCCO)cc(OC)c1OC. The number of rotatable bonds is 9. The zero-order valence-corrected chi connectivity index (χ0v) is 12.7. The lowest BCUT2D eigenvalue weighted by Gasteiger charge is -2.16. The lowest BCUT2D eigenvalue weighted by atomic mass is 10.1. The van der Waals surface area contributed by atoms with Gasteiger partial charge in [-0.3, -0.25) is 0 Å². The van der Waals surface area contributed by atoms with Crippen LogP contribution in [0.2, 0.25) is 0 Å². The number of hydrogen-bond donors (Lipinski definition) is 2. The van der Waals surface area contributed by atoms with Crippen LogP contribution in [0, 0.1) is 0 Å². The van der Waals surface area contributed by atoms with Gasteiger partial charge in [-0.25, -0.2) is 0 Å². The standard InChI is InChI=1S/C15H25NO4/c1-11(6-5-7-17)16-10-12-8-13(18-2)15(20-4)14(9-12)19-3/h8-9,11,16-17H,5-7,10H2,1-4H3. The highest BCUT2D eigenvalue weighted by molar-refractivity contribution is 5.53. The van der Waals surface area contributed by atoms with Crippen LogP contribution in [0.4, 0.5) is 0 Å². The van der Waals surface area contributed by atoms with Crippen LogP contribution < -0.4 is 19.5 Å². The molecule has 0 aliphatic heterocycles. The van der Waals surface area contributed by atoms with E-state index in [4.69, 9.17) is 19.3 Å². The Morgan fingerprint density at radius 1 is 1.10 bits per heavy atom. The highest BCUT2D eigenvalue weighted by Gasteiger charge is 2.13. The minimum absolute atomic E-state index is 0.232. The Labute approximate surface area is 120 Å². The maximum Gasteiger partial charge on any atom is 0.203 e. The first kappa shape index (κ1) is 16.6. The monoisotopic (exact) mass is 283 g/mol. The fourth-order valence-corrected chi connectivity index (χ4v) is 2.03. The third kappa shape index (κ3) is 4.58. The Hall–Kier alpha value is -1.46. The fraction of sp³-hybridized carbons (Fsp3) is 0.600. The Morgan fingerprint density at radius 2 is 1.70 bits per heavy atom. The van der Waals surface area contributed by atoms with Crippen molar-refractivity contribution in [3.8, 4) is 17.2 Å². The second kappa shape index (κ2) is 8.66. The molecular weight excluding hydrogens is 258 g/mol. The second-order valence-corrected chi connectivity index (χ2v) is 4.68. The number of benzene rings is 1. The zero-order chi connectivity index (χ0) is 15.0. The molecule has 0 saturated heterocycles. The van der Waals surface area contributed by atoms with Crippen molar-refractivity contribution in [2.45, 2.75) is 32.4 Å². The Balaban J connectivity index is 2.75. The van der Waals surface area contributed by atoms with Gasteiger partial charge in [0, 0.05) is 19.2 Å². The van der Waals surface area contributed by atoms with Gasteiger partial charge in [0.25, 0.3) is 0 Å². The van der Waals surface area contributed by atoms with Crippen LogP contribution in [0.25, 0.3) is 0 Å². The lowest BCUT2D eigenvalue weighted by Crippen LogP contribution is -2.25. The molecule has 0 heterocycles. The number of methoxy groups -OCH3 is 3. The molecule has 2 N–H and O–H groups in total. The molecular formula is C15H25NO4. The predicted octanol–water partition coefficient (Wildman–Crippen LogP) is 1.96. The van der Waals surface area contributed by atoms with Crippen LogP contribution >= 0.6 is 0 Å². The molecule has 1 rings (SSSR count). The maximum absolute atomic E-state index is 8.82. The van der Waals surface area contributed by atoms with Gasteiger partial charge in [-0.1, -0.05) is 0 Å². The molecule has 0 aliphatic carbocycles. The van der Waals surface area contributed by atoms with Crippen molar-refractivity contribution in [3.05, 3.63) is 17.7 Å². The first-order valence-electron chi connectivity index (χ1n) is 6.79. The van der Waals surface area contributed by atoms with E-state index in [-0.39, 0.29) is 6.61 Å². The molecule has 1 atom stereocenters. The minimum atomic E-state index is 0.232. The fourth-order valence-electron chi connectivity index (χ4n) is 2.03.